The Morgan fingerprint density at radius 3 is 2.47 bits per heavy atom. The van der Waals surface area contributed by atoms with Gasteiger partial charge in [0.15, 0.2) is 5.69 Å². The van der Waals surface area contributed by atoms with Gasteiger partial charge in [-0.05, 0) is 42.7 Å². The number of carbonyl (C=O) groups is 1. The Bertz CT molecular complexity index is 1010. The van der Waals surface area contributed by atoms with E-state index < -0.39 is 12.8 Å². The summed E-state index contributed by atoms with van der Waals surface area (Å²) in [5.74, 6) is -0.357. The van der Waals surface area contributed by atoms with Crippen LogP contribution in [0.4, 0.5) is 13.2 Å². The molecule has 0 spiro atoms. The summed E-state index contributed by atoms with van der Waals surface area (Å²) in [5.41, 5.74) is 4.16. The van der Waals surface area contributed by atoms with E-state index in [0.29, 0.717) is 11.3 Å². The van der Waals surface area contributed by atoms with E-state index in [-0.39, 0.29) is 24.8 Å². The second kappa shape index (κ2) is 9.08. The molecule has 1 amide bonds. The van der Waals surface area contributed by atoms with Gasteiger partial charge in [0, 0.05) is 6.54 Å². The molecule has 1 N–H and O–H groups in total. The van der Waals surface area contributed by atoms with Crippen molar-refractivity contribution in [2.45, 2.75) is 33.2 Å². The standard InChI is InChI=1S/C21H21F3N4O2/c1-14-4-3-5-18(10-14)28-15(2)19(26-27-28)20(29)25-11-16-6-8-17(9-7-16)12-30-13-21(22,23)24/h3-10H,11-13H2,1-2H3,(H,25,29). The van der Waals surface area contributed by atoms with Crippen LogP contribution in [0.3, 0.4) is 0 Å². The Morgan fingerprint density at radius 2 is 1.80 bits per heavy atom. The molecule has 0 saturated carbocycles. The fourth-order valence-electron chi connectivity index (χ4n) is 2.85. The molecule has 158 valence electrons. The Balaban J connectivity index is 1.57. The van der Waals surface area contributed by atoms with Crippen molar-refractivity contribution >= 4 is 5.91 Å². The highest BCUT2D eigenvalue weighted by Gasteiger charge is 2.27. The zero-order chi connectivity index (χ0) is 21.7. The summed E-state index contributed by atoms with van der Waals surface area (Å²) in [6.07, 6.45) is -4.34. The Morgan fingerprint density at radius 1 is 1.10 bits per heavy atom. The Hall–Kier alpha value is -3.20. The first-order valence-electron chi connectivity index (χ1n) is 9.23. The largest absolute Gasteiger partial charge is 0.411 e. The van der Waals surface area contributed by atoms with E-state index >= 15 is 0 Å². The number of nitrogens with one attached hydrogen (secondary N) is 1. The quantitative estimate of drug-likeness (QED) is 0.632. The molecule has 0 saturated heterocycles. The van der Waals surface area contributed by atoms with Gasteiger partial charge in [-0.25, -0.2) is 4.68 Å². The topological polar surface area (TPSA) is 69.0 Å². The molecule has 0 aliphatic carbocycles. The van der Waals surface area contributed by atoms with Crippen molar-refractivity contribution in [1.29, 1.82) is 0 Å². The number of amides is 1. The van der Waals surface area contributed by atoms with Gasteiger partial charge in [0.05, 0.1) is 18.0 Å². The van der Waals surface area contributed by atoms with Gasteiger partial charge < -0.3 is 10.1 Å². The van der Waals surface area contributed by atoms with Crippen LogP contribution in [0.25, 0.3) is 5.69 Å². The van der Waals surface area contributed by atoms with E-state index in [2.05, 4.69) is 20.4 Å². The predicted octanol–water partition coefficient (Wildman–Crippen LogP) is 3.89. The summed E-state index contributed by atoms with van der Waals surface area (Å²) < 4.78 is 42.6. The maximum Gasteiger partial charge on any atom is 0.411 e. The fourth-order valence-corrected chi connectivity index (χ4v) is 2.85. The fraction of sp³-hybridized carbons (Fsp3) is 0.286. The van der Waals surface area contributed by atoms with Crippen molar-refractivity contribution in [2.75, 3.05) is 6.61 Å². The summed E-state index contributed by atoms with van der Waals surface area (Å²) >= 11 is 0. The summed E-state index contributed by atoms with van der Waals surface area (Å²) in [6.45, 7) is 2.57. The van der Waals surface area contributed by atoms with Gasteiger partial charge >= 0.3 is 6.18 Å². The van der Waals surface area contributed by atoms with Crippen molar-refractivity contribution in [2.24, 2.45) is 0 Å². The summed E-state index contributed by atoms with van der Waals surface area (Å²) in [4.78, 5) is 12.5. The lowest BCUT2D eigenvalue weighted by molar-refractivity contribution is -0.176. The molecule has 1 heterocycles. The number of hydrogen-bond donors (Lipinski definition) is 1. The number of halogens is 3. The van der Waals surface area contributed by atoms with Crippen LogP contribution < -0.4 is 5.32 Å². The zero-order valence-electron chi connectivity index (χ0n) is 16.5. The molecule has 0 unspecified atom stereocenters. The molecule has 6 nitrogen and oxygen atoms in total. The van der Waals surface area contributed by atoms with Gasteiger partial charge in [0.1, 0.15) is 6.61 Å². The first kappa shape index (κ1) is 21.5. The number of benzene rings is 2. The minimum absolute atomic E-state index is 0.132. The highest BCUT2D eigenvalue weighted by atomic mass is 19.4. The van der Waals surface area contributed by atoms with Gasteiger partial charge in [-0.3, -0.25) is 4.79 Å². The smallest absolute Gasteiger partial charge is 0.367 e. The molecule has 1 aromatic heterocycles. The first-order valence-corrected chi connectivity index (χ1v) is 9.23. The van der Waals surface area contributed by atoms with Crippen LogP contribution in [0.15, 0.2) is 48.5 Å². The van der Waals surface area contributed by atoms with Gasteiger partial charge in [-0.15, -0.1) is 5.10 Å². The number of aryl methyl sites for hydroxylation is 1. The van der Waals surface area contributed by atoms with Crippen LogP contribution in [-0.4, -0.2) is 33.7 Å². The summed E-state index contributed by atoms with van der Waals surface area (Å²) in [6, 6.07) is 14.5. The van der Waals surface area contributed by atoms with Crippen molar-refractivity contribution < 1.29 is 22.7 Å². The minimum atomic E-state index is -4.34. The van der Waals surface area contributed by atoms with Crippen LogP contribution in [0.5, 0.6) is 0 Å². The van der Waals surface area contributed by atoms with Crippen LogP contribution in [-0.2, 0) is 17.9 Å². The lowest BCUT2D eigenvalue weighted by Crippen LogP contribution is -2.24. The lowest BCUT2D eigenvalue weighted by Gasteiger charge is -2.09. The molecule has 0 atom stereocenters. The predicted molar refractivity (Wildman–Crippen MR) is 104 cm³/mol. The van der Waals surface area contributed by atoms with E-state index in [9.17, 15) is 18.0 Å². The first-order chi connectivity index (χ1) is 14.2. The van der Waals surface area contributed by atoms with E-state index in [1.54, 1.807) is 35.9 Å². The lowest BCUT2D eigenvalue weighted by atomic mass is 10.1. The third-order valence-corrected chi connectivity index (χ3v) is 4.37. The number of nitrogens with zero attached hydrogens (tertiary/aromatic N) is 3. The van der Waals surface area contributed by atoms with Crippen LogP contribution >= 0.6 is 0 Å². The van der Waals surface area contributed by atoms with Gasteiger partial charge in [-0.2, -0.15) is 13.2 Å². The normalized spacial score (nSPS) is 11.5. The van der Waals surface area contributed by atoms with Crippen molar-refractivity contribution in [1.82, 2.24) is 20.3 Å². The number of aromatic nitrogens is 3. The molecule has 0 aliphatic heterocycles. The van der Waals surface area contributed by atoms with E-state index in [1.165, 1.54) is 0 Å². The summed E-state index contributed by atoms with van der Waals surface area (Å²) in [5, 5.41) is 10.8. The monoisotopic (exact) mass is 418 g/mol. The van der Waals surface area contributed by atoms with Crippen molar-refractivity contribution in [3.63, 3.8) is 0 Å². The highest BCUT2D eigenvalue weighted by Crippen LogP contribution is 2.16. The molecule has 2 aromatic carbocycles. The second-order valence-corrected chi connectivity index (χ2v) is 6.88. The van der Waals surface area contributed by atoms with Crippen LogP contribution in [0.1, 0.15) is 32.9 Å². The molecular weight excluding hydrogens is 397 g/mol. The minimum Gasteiger partial charge on any atom is -0.367 e. The van der Waals surface area contributed by atoms with Crippen molar-refractivity contribution in [3.05, 3.63) is 76.6 Å². The van der Waals surface area contributed by atoms with Gasteiger partial charge in [0.25, 0.3) is 5.91 Å². The van der Waals surface area contributed by atoms with E-state index in [0.717, 1.165) is 16.8 Å². The Labute approximate surface area is 171 Å². The molecule has 3 aromatic rings. The Kier molecular flexibility index (Phi) is 6.51. The third-order valence-electron chi connectivity index (χ3n) is 4.37. The molecule has 0 aliphatic rings. The third kappa shape index (κ3) is 5.66. The summed E-state index contributed by atoms with van der Waals surface area (Å²) in [7, 11) is 0. The number of rotatable bonds is 7. The molecule has 9 heteroatoms. The number of alkyl halides is 3. The van der Waals surface area contributed by atoms with E-state index in [1.807, 2.05) is 31.2 Å². The molecule has 0 radical (unpaired) electrons. The number of hydrogen-bond acceptors (Lipinski definition) is 4. The maximum atomic E-state index is 12.5. The molecule has 3 rings (SSSR count). The van der Waals surface area contributed by atoms with Crippen molar-refractivity contribution in [3.8, 4) is 5.69 Å². The SMILES string of the molecule is Cc1cccc(-n2nnc(C(=O)NCc3ccc(COCC(F)(F)F)cc3)c2C)c1. The van der Waals surface area contributed by atoms with Crippen LogP contribution in [0.2, 0.25) is 0 Å². The van der Waals surface area contributed by atoms with E-state index in [4.69, 9.17) is 0 Å². The molecule has 0 bridgehead atoms. The number of carbonyl (C=O) groups excluding carboxylic acids is 1. The maximum absolute atomic E-state index is 12.5. The second-order valence-electron chi connectivity index (χ2n) is 6.88. The average molecular weight is 418 g/mol. The molecular formula is C21H21F3N4O2. The average Bonchev–Trinajstić information content (AvgIpc) is 3.07. The highest BCUT2D eigenvalue weighted by molar-refractivity contribution is 5.93. The van der Waals surface area contributed by atoms with Gasteiger partial charge in [-0.1, -0.05) is 41.6 Å². The van der Waals surface area contributed by atoms with Crippen LogP contribution in [0, 0.1) is 13.8 Å². The van der Waals surface area contributed by atoms with Gasteiger partial charge in [0.2, 0.25) is 0 Å². The molecule has 0 fully saturated rings. The number of ether oxygens (including phenoxy) is 1. The zero-order valence-corrected chi connectivity index (χ0v) is 16.5. The molecule has 30 heavy (non-hydrogen) atoms.